The highest BCUT2D eigenvalue weighted by Crippen LogP contribution is 2.02. The molecular formula is C14H28N4O2S. The molecular weight excluding hydrogens is 288 g/mol. The minimum Gasteiger partial charge on any atom is -0.354 e. The van der Waals surface area contributed by atoms with Gasteiger partial charge in [0.1, 0.15) is 0 Å². The molecule has 6 nitrogen and oxygen atoms in total. The maximum atomic E-state index is 11.6. The summed E-state index contributed by atoms with van der Waals surface area (Å²) in [5.41, 5.74) is 0. The second-order valence-corrected chi connectivity index (χ2v) is 6.57. The molecule has 1 heterocycles. The molecule has 0 bridgehead atoms. The molecule has 0 radical (unpaired) electrons. The van der Waals surface area contributed by atoms with Crippen molar-refractivity contribution < 1.29 is 9.59 Å². The van der Waals surface area contributed by atoms with E-state index < -0.39 is 0 Å². The van der Waals surface area contributed by atoms with E-state index in [1.807, 2.05) is 13.8 Å². The van der Waals surface area contributed by atoms with E-state index in [2.05, 4.69) is 20.9 Å². The molecule has 7 heteroatoms. The lowest BCUT2D eigenvalue weighted by molar-refractivity contribution is -0.121. The predicted octanol–water partition coefficient (Wildman–Crippen LogP) is -0.344. The summed E-state index contributed by atoms with van der Waals surface area (Å²) < 4.78 is 0. The quantitative estimate of drug-likeness (QED) is 0.507. The SMILES string of the molecule is CC(C)NC(=O)CCSCC(=O)NCCN1CCNCC1. The first-order valence-electron chi connectivity index (χ1n) is 7.65. The Morgan fingerprint density at radius 1 is 1.24 bits per heavy atom. The zero-order chi connectivity index (χ0) is 15.5. The number of thioether (sulfide) groups is 1. The molecule has 1 fully saturated rings. The highest BCUT2D eigenvalue weighted by molar-refractivity contribution is 7.99. The van der Waals surface area contributed by atoms with Gasteiger partial charge < -0.3 is 16.0 Å². The maximum absolute atomic E-state index is 11.6. The van der Waals surface area contributed by atoms with Crippen molar-refractivity contribution in [1.82, 2.24) is 20.9 Å². The van der Waals surface area contributed by atoms with Crippen molar-refractivity contribution >= 4 is 23.6 Å². The minimum atomic E-state index is 0.0524. The van der Waals surface area contributed by atoms with E-state index in [1.54, 1.807) is 0 Å². The van der Waals surface area contributed by atoms with Crippen LogP contribution in [0.25, 0.3) is 0 Å². The highest BCUT2D eigenvalue weighted by Gasteiger charge is 2.09. The largest absolute Gasteiger partial charge is 0.354 e. The average molecular weight is 316 g/mol. The fourth-order valence-corrected chi connectivity index (χ4v) is 2.82. The van der Waals surface area contributed by atoms with Crippen LogP contribution in [-0.4, -0.2) is 73.5 Å². The Morgan fingerprint density at radius 3 is 2.62 bits per heavy atom. The van der Waals surface area contributed by atoms with Crippen LogP contribution in [0.3, 0.4) is 0 Å². The Kier molecular flexibility index (Phi) is 9.45. The second-order valence-electron chi connectivity index (χ2n) is 5.47. The van der Waals surface area contributed by atoms with Crippen LogP contribution < -0.4 is 16.0 Å². The molecule has 1 aliphatic heterocycles. The zero-order valence-corrected chi connectivity index (χ0v) is 13.9. The third kappa shape index (κ3) is 9.71. The van der Waals surface area contributed by atoms with E-state index >= 15 is 0 Å². The number of rotatable bonds is 9. The number of nitrogens with one attached hydrogen (secondary N) is 3. The zero-order valence-electron chi connectivity index (χ0n) is 13.1. The summed E-state index contributed by atoms with van der Waals surface area (Å²) in [6.07, 6.45) is 0.469. The predicted molar refractivity (Wildman–Crippen MR) is 87.5 cm³/mol. The molecule has 0 aliphatic carbocycles. The van der Waals surface area contributed by atoms with Crippen molar-refractivity contribution in [2.75, 3.05) is 50.8 Å². The van der Waals surface area contributed by atoms with Gasteiger partial charge in [0.25, 0.3) is 0 Å². The van der Waals surface area contributed by atoms with Crippen molar-refractivity contribution in [3.63, 3.8) is 0 Å². The van der Waals surface area contributed by atoms with E-state index in [9.17, 15) is 9.59 Å². The number of piperazine rings is 1. The summed E-state index contributed by atoms with van der Waals surface area (Å²) in [4.78, 5) is 25.4. The summed E-state index contributed by atoms with van der Waals surface area (Å²) in [5, 5.41) is 9.07. The number of carbonyl (C=O) groups excluding carboxylic acids is 2. The lowest BCUT2D eigenvalue weighted by Gasteiger charge is -2.27. The van der Waals surface area contributed by atoms with E-state index in [0.717, 1.165) is 32.7 Å². The molecule has 0 atom stereocenters. The van der Waals surface area contributed by atoms with Gasteiger partial charge in [-0.3, -0.25) is 14.5 Å². The molecule has 0 aromatic heterocycles. The number of nitrogens with zero attached hydrogens (tertiary/aromatic N) is 1. The van der Waals surface area contributed by atoms with Gasteiger partial charge in [-0.15, -0.1) is 0 Å². The van der Waals surface area contributed by atoms with Crippen LogP contribution in [-0.2, 0) is 9.59 Å². The summed E-state index contributed by atoms with van der Waals surface area (Å²) in [5.74, 6) is 1.22. The molecule has 1 saturated heterocycles. The Hall–Kier alpha value is -0.790. The van der Waals surface area contributed by atoms with Crippen LogP contribution in [0.15, 0.2) is 0 Å². The summed E-state index contributed by atoms with van der Waals surface area (Å²) >= 11 is 1.51. The van der Waals surface area contributed by atoms with E-state index in [1.165, 1.54) is 11.8 Å². The van der Waals surface area contributed by atoms with E-state index in [-0.39, 0.29) is 17.9 Å². The second kappa shape index (κ2) is 10.9. The lowest BCUT2D eigenvalue weighted by atomic mass is 10.3. The first-order valence-corrected chi connectivity index (χ1v) is 8.80. The van der Waals surface area contributed by atoms with Crippen LogP contribution >= 0.6 is 11.8 Å². The van der Waals surface area contributed by atoms with Gasteiger partial charge in [0, 0.05) is 57.5 Å². The first kappa shape index (κ1) is 18.3. The number of amides is 2. The van der Waals surface area contributed by atoms with Crippen molar-refractivity contribution in [2.24, 2.45) is 0 Å². The third-order valence-corrected chi connectivity index (χ3v) is 4.08. The molecule has 0 unspecified atom stereocenters. The van der Waals surface area contributed by atoms with E-state index in [0.29, 0.717) is 24.5 Å². The maximum Gasteiger partial charge on any atom is 0.230 e. The van der Waals surface area contributed by atoms with E-state index in [4.69, 9.17) is 0 Å². The minimum absolute atomic E-state index is 0.0524. The molecule has 0 aromatic rings. The van der Waals surface area contributed by atoms with Gasteiger partial charge in [0.2, 0.25) is 11.8 Å². The molecule has 1 rings (SSSR count). The standard InChI is InChI=1S/C14H28N4O2S/c1-12(2)17-13(19)3-10-21-11-14(20)16-6-9-18-7-4-15-5-8-18/h12,15H,3-11H2,1-2H3,(H,16,20)(H,17,19). The Balaban J connectivity index is 1.94. The van der Waals surface area contributed by atoms with Gasteiger partial charge in [0.05, 0.1) is 5.75 Å². The topological polar surface area (TPSA) is 73.5 Å². The van der Waals surface area contributed by atoms with Gasteiger partial charge in [-0.1, -0.05) is 0 Å². The number of hydrogen-bond acceptors (Lipinski definition) is 5. The van der Waals surface area contributed by atoms with Gasteiger partial charge in [-0.2, -0.15) is 11.8 Å². The lowest BCUT2D eigenvalue weighted by Crippen LogP contribution is -2.46. The Bertz CT molecular complexity index is 320. The number of hydrogen-bond donors (Lipinski definition) is 3. The molecule has 3 N–H and O–H groups in total. The van der Waals surface area contributed by atoms with Crippen LogP contribution in [0.2, 0.25) is 0 Å². The molecule has 1 aliphatic rings. The smallest absolute Gasteiger partial charge is 0.230 e. The molecule has 0 saturated carbocycles. The van der Waals surface area contributed by atoms with Gasteiger partial charge >= 0.3 is 0 Å². The third-order valence-electron chi connectivity index (χ3n) is 3.12. The molecule has 21 heavy (non-hydrogen) atoms. The first-order chi connectivity index (χ1) is 10.1. The van der Waals surface area contributed by atoms with Crippen molar-refractivity contribution in [3.8, 4) is 0 Å². The van der Waals surface area contributed by atoms with Crippen LogP contribution in [0.5, 0.6) is 0 Å². The molecule has 122 valence electrons. The van der Waals surface area contributed by atoms with Gasteiger partial charge in [0.15, 0.2) is 0 Å². The van der Waals surface area contributed by atoms with Crippen LogP contribution in [0.1, 0.15) is 20.3 Å². The molecule has 0 aromatic carbocycles. The van der Waals surface area contributed by atoms with Crippen molar-refractivity contribution in [3.05, 3.63) is 0 Å². The van der Waals surface area contributed by atoms with Gasteiger partial charge in [-0.05, 0) is 13.8 Å². The van der Waals surface area contributed by atoms with Crippen LogP contribution in [0, 0.1) is 0 Å². The Labute approximate surface area is 131 Å². The van der Waals surface area contributed by atoms with Crippen molar-refractivity contribution in [2.45, 2.75) is 26.3 Å². The summed E-state index contributed by atoms with van der Waals surface area (Å²) in [6.45, 7) is 9.66. The Morgan fingerprint density at radius 2 is 1.95 bits per heavy atom. The normalized spacial score (nSPS) is 16.0. The van der Waals surface area contributed by atoms with Crippen molar-refractivity contribution in [1.29, 1.82) is 0 Å². The highest BCUT2D eigenvalue weighted by atomic mass is 32.2. The summed E-state index contributed by atoms with van der Waals surface area (Å²) in [7, 11) is 0. The number of carbonyl (C=O) groups is 2. The van der Waals surface area contributed by atoms with Crippen LogP contribution in [0.4, 0.5) is 0 Å². The summed E-state index contributed by atoms with van der Waals surface area (Å²) in [6, 6.07) is 0.177. The molecule has 0 spiro atoms. The molecule has 2 amide bonds. The fourth-order valence-electron chi connectivity index (χ4n) is 2.06. The average Bonchev–Trinajstić information content (AvgIpc) is 2.44. The monoisotopic (exact) mass is 316 g/mol. The fraction of sp³-hybridized carbons (Fsp3) is 0.857. The van der Waals surface area contributed by atoms with Gasteiger partial charge in [-0.25, -0.2) is 0 Å².